The Labute approximate surface area is 121 Å². The second-order valence-electron chi connectivity index (χ2n) is 4.68. The molecule has 19 heavy (non-hydrogen) atoms. The van der Waals surface area contributed by atoms with Crippen LogP contribution in [-0.4, -0.2) is 53.7 Å². The number of halogens is 1. The van der Waals surface area contributed by atoms with Gasteiger partial charge in [0.25, 0.3) is 5.91 Å². The fourth-order valence-electron chi connectivity index (χ4n) is 2.08. The van der Waals surface area contributed by atoms with Crippen LogP contribution < -0.4 is 0 Å². The summed E-state index contributed by atoms with van der Waals surface area (Å²) in [5, 5.41) is 3.75. The third kappa shape index (κ3) is 3.28. The van der Waals surface area contributed by atoms with Crippen LogP contribution in [0, 0.1) is 5.92 Å². The number of nitrogens with zero attached hydrogens (tertiary/aromatic N) is 2. The molecule has 1 aromatic heterocycles. The van der Waals surface area contributed by atoms with E-state index in [1.165, 1.54) is 11.3 Å². The van der Waals surface area contributed by atoms with Gasteiger partial charge in [-0.05, 0) is 11.4 Å². The maximum absolute atomic E-state index is 12.1. The van der Waals surface area contributed by atoms with Gasteiger partial charge in [-0.1, -0.05) is 6.92 Å². The topological polar surface area (TPSA) is 40.6 Å². The second kappa shape index (κ2) is 6.39. The van der Waals surface area contributed by atoms with E-state index >= 15 is 0 Å². The average molecular weight is 301 g/mol. The summed E-state index contributed by atoms with van der Waals surface area (Å²) >= 11 is 7.22. The average Bonchev–Trinajstić information content (AvgIpc) is 2.99. The highest BCUT2D eigenvalue weighted by atomic mass is 35.5. The van der Waals surface area contributed by atoms with Crippen LogP contribution in [0.1, 0.15) is 17.3 Å². The number of hydrogen-bond donors (Lipinski definition) is 0. The predicted octanol–water partition coefficient (Wildman–Crippen LogP) is 1.91. The van der Waals surface area contributed by atoms with Crippen molar-refractivity contribution in [3.05, 3.63) is 22.4 Å². The van der Waals surface area contributed by atoms with E-state index in [0.717, 1.165) is 5.56 Å². The molecule has 1 unspecified atom stereocenters. The summed E-state index contributed by atoms with van der Waals surface area (Å²) in [5.41, 5.74) is 0.735. The third-order valence-corrected chi connectivity index (χ3v) is 4.45. The minimum absolute atomic E-state index is 0.0544. The van der Waals surface area contributed by atoms with Gasteiger partial charge < -0.3 is 9.80 Å². The molecule has 6 heteroatoms. The normalized spacial score (nSPS) is 17.4. The highest BCUT2D eigenvalue weighted by Crippen LogP contribution is 2.13. The molecule has 1 fully saturated rings. The van der Waals surface area contributed by atoms with E-state index in [1.807, 2.05) is 23.8 Å². The Morgan fingerprint density at radius 3 is 2.47 bits per heavy atom. The number of carbonyl (C=O) groups excluding carboxylic acids is 2. The minimum atomic E-state index is -0.152. The smallest absolute Gasteiger partial charge is 0.254 e. The number of rotatable bonds is 3. The summed E-state index contributed by atoms with van der Waals surface area (Å²) in [5.74, 6) is 0.324. The van der Waals surface area contributed by atoms with Gasteiger partial charge in [0.05, 0.1) is 5.56 Å². The summed E-state index contributed by atoms with van der Waals surface area (Å²) in [4.78, 5) is 27.7. The van der Waals surface area contributed by atoms with Gasteiger partial charge in [0, 0.05) is 43.4 Å². The molecule has 2 amide bonds. The lowest BCUT2D eigenvalue weighted by molar-refractivity contribution is -0.135. The number of thiophene rings is 1. The van der Waals surface area contributed by atoms with Crippen molar-refractivity contribution >= 4 is 34.8 Å². The van der Waals surface area contributed by atoms with E-state index in [9.17, 15) is 9.59 Å². The van der Waals surface area contributed by atoms with Crippen LogP contribution in [0.3, 0.4) is 0 Å². The van der Waals surface area contributed by atoms with Crippen LogP contribution in [0.2, 0.25) is 0 Å². The lowest BCUT2D eigenvalue weighted by Crippen LogP contribution is -2.51. The molecule has 0 bridgehead atoms. The maximum Gasteiger partial charge on any atom is 0.254 e. The Hall–Kier alpha value is -1.07. The Balaban J connectivity index is 1.89. The van der Waals surface area contributed by atoms with Crippen molar-refractivity contribution in [3.63, 3.8) is 0 Å². The quantitative estimate of drug-likeness (QED) is 0.800. The van der Waals surface area contributed by atoms with E-state index in [0.29, 0.717) is 32.1 Å². The van der Waals surface area contributed by atoms with Crippen molar-refractivity contribution in [1.82, 2.24) is 9.80 Å². The number of carbonyl (C=O) groups is 2. The molecule has 1 atom stereocenters. The molecule has 0 aromatic carbocycles. The van der Waals surface area contributed by atoms with Crippen LogP contribution in [0.15, 0.2) is 16.8 Å². The molecule has 0 N–H and O–H groups in total. The largest absolute Gasteiger partial charge is 0.339 e. The first kappa shape index (κ1) is 14.3. The first-order valence-electron chi connectivity index (χ1n) is 6.29. The van der Waals surface area contributed by atoms with Crippen molar-refractivity contribution in [2.45, 2.75) is 6.92 Å². The van der Waals surface area contributed by atoms with E-state index in [-0.39, 0.29) is 17.7 Å². The number of piperazine rings is 1. The zero-order valence-electron chi connectivity index (χ0n) is 10.8. The van der Waals surface area contributed by atoms with Crippen molar-refractivity contribution in [1.29, 1.82) is 0 Å². The van der Waals surface area contributed by atoms with Gasteiger partial charge in [-0.3, -0.25) is 9.59 Å². The van der Waals surface area contributed by atoms with E-state index < -0.39 is 0 Å². The fraction of sp³-hybridized carbons (Fsp3) is 0.538. The molecule has 0 spiro atoms. The van der Waals surface area contributed by atoms with Gasteiger partial charge in [-0.2, -0.15) is 11.3 Å². The molecule has 1 saturated heterocycles. The van der Waals surface area contributed by atoms with Crippen molar-refractivity contribution in [3.8, 4) is 0 Å². The minimum Gasteiger partial charge on any atom is -0.339 e. The van der Waals surface area contributed by atoms with Crippen LogP contribution in [0.25, 0.3) is 0 Å². The zero-order valence-corrected chi connectivity index (χ0v) is 12.4. The zero-order chi connectivity index (χ0) is 13.8. The summed E-state index contributed by atoms with van der Waals surface area (Å²) in [6.07, 6.45) is 0. The SMILES string of the molecule is CC(CCl)C(=O)N1CCN(C(=O)c2ccsc2)CC1. The van der Waals surface area contributed by atoms with Crippen LogP contribution in [0.5, 0.6) is 0 Å². The lowest BCUT2D eigenvalue weighted by Gasteiger charge is -2.35. The van der Waals surface area contributed by atoms with E-state index in [1.54, 1.807) is 9.80 Å². The molecule has 1 aromatic rings. The molecule has 0 radical (unpaired) electrons. The van der Waals surface area contributed by atoms with Gasteiger partial charge in [-0.15, -0.1) is 11.6 Å². The molecule has 4 nitrogen and oxygen atoms in total. The Kier molecular flexibility index (Phi) is 4.82. The Morgan fingerprint density at radius 1 is 1.32 bits per heavy atom. The third-order valence-electron chi connectivity index (χ3n) is 3.30. The van der Waals surface area contributed by atoms with Crippen LogP contribution >= 0.6 is 22.9 Å². The monoisotopic (exact) mass is 300 g/mol. The highest BCUT2D eigenvalue weighted by Gasteiger charge is 2.26. The summed E-state index contributed by atoms with van der Waals surface area (Å²) in [6, 6.07) is 1.83. The molecular formula is C13H17ClN2O2S. The molecule has 2 rings (SSSR count). The Morgan fingerprint density at radius 2 is 1.95 bits per heavy atom. The fourth-order valence-corrected chi connectivity index (χ4v) is 2.84. The second-order valence-corrected chi connectivity index (χ2v) is 5.77. The number of amides is 2. The number of alkyl halides is 1. The van der Waals surface area contributed by atoms with Gasteiger partial charge in [0.15, 0.2) is 0 Å². The van der Waals surface area contributed by atoms with Crippen molar-refractivity contribution in [2.75, 3.05) is 32.1 Å². The first-order chi connectivity index (χ1) is 9.13. The summed E-state index contributed by atoms with van der Waals surface area (Å²) < 4.78 is 0. The number of hydrogen-bond acceptors (Lipinski definition) is 3. The van der Waals surface area contributed by atoms with Gasteiger partial charge >= 0.3 is 0 Å². The molecular weight excluding hydrogens is 284 g/mol. The summed E-state index contributed by atoms with van der Waals surface area (Å²) in [6.45, 7) is 4.20. The molecule has 2 heterocycles. The lowest BCUT2D eigenvalue weighted by atomic mass is 10.1. The molecule has 1 aliphatic heterocycles. The predicted molar refractivity (Wildman–Crippen MR) is 76.7 cm³/mol. The highest BCUT2D eigenvalue weighted by molar-refractivity contribution is 7.08. The molecule has 1 aliphatic rings. The van der Waals surface area contributed by atoms with Gasteiger partial charge in [-0.25, -0.2) is 0 Å². The molecule has 0 saturated carbocycles. The molecule has 104 valence electrons. The first-order valence-corrected chi connectivity index (χ1v) is 7.77. The van der Waals surface area contributed by atoms with E-state index in [2.05, 4.69) is 0 Å². The van der Waals surface area contributed by atoms with Crippen LogP contribution in [-0.2, 0) is 4.79 Å². The van der Waals surface area contributed by atoms with Gasteiger partial charge in [0.2, 0.25) is 5.91 Å². The van der Waals surface area contributed by atoms with E-state index in [4.69, 9.17) is 11.6 Å². The van der Waals surface area contributed by atoms with Crippen molar-refractivity contribution in [2.24, 2.45) is 5.92 Å². The van der Waals surface area contributed by atoms with Gasteiger partial charge in [0.1, 0.15) is 0 Å². The maximum atomic E-state index is 12.1. The molecule has 0 aliphatic carbocycles. The Bertz CT molecular complexity index is 442. The standard InChI is InChI=1S/C13H17ClN2O2S/c1-10(8-14)12(17)15-3-5-16(6-4-15)13(18)11-2-7-19-9-11/h2,7,9-10H,3-6,8H2,1H3. The summed E-state index contributed by atoms with van der Waals surface area (Å²) in [7, 11) is 0. The van der Waals surface area contributed by atoms with Crippen molar-refractivity contribution < 1.29 is 9.59 Å². The van der Waals surface area contributed by atoms with Crippen LogP contribution in [0.4, 0.5) is 0 Å².